The van der Waals surface area contributed by atoms with Crippen molar-refractivity contribution < 1.29 is 13.2 Å². The number of aryl methyl sites for hydroxylation is 25. The van der Waals surface area contributed by atoms with Crippen molar-refractivity contribution in [3.63, 3.8) is 0 Å². The third-order valence-corrected chi connectivity index (χ3v) is 25.1. The standard InChI is InChI=1S/C29H26.C17H18O.C16H18O2S.C14H16.2C13H14.C9H12.4CH4/c1-19-5-11-23(12-6-19)29(24-13-7-20(2)8-14-24)27-17-21(3)9-15-25(27)26-16-10-22(4)18-28(26)29;1-11-5-7-15(9-13(11)3)17(18)16-8-6-12(2)14(4)10-16;1-11-5-7-15(9-13(11)3)19(17,18)16-8-6-12(2)14(4)10-16;1-9-5-13-7-11(3)12(4)8-14(13)6-10(9)2;1-9-4-5-12-7-10(2)6-11(3)13(12)8-9;1-9-4-5-12-7-10(2)11(3)8-13(12)6-9;1-7-4-5-8(2)9(3)6-7;;;;/h5-18H,1-4H3;5-10H,1-4H3;5-10H,1-4H3;5-8H,1-4H3;2*4-8H,1-3H3;4-6H,1-3H3;4*1H4. The van der Waals surface area contributed by atoms with Crippen LogP contribution in [0.4, 0.5) is 0 Å². The molecule has 16 rings (SSSR count). The lowest BCUT2D eigenvalue weighted by atomic mass is 9.67. The van der Waals surface area contributed by atoms with Crippen molar-refractivity contribution in [1.82, 2.24) is 0 Å². The molecule has 0 aliphatic heterocycles. The van der Waals surface area contributed by atoms with Gasteiger partial charge in [-0.15, -0.1) is 0 Å². The first-order valence-corrected chi connectivity index (χ1v) is 41.8. The minimum Gasteiger partial charge on any atom is -0.289 e. The van der Waals surface area contributed by atoms with Crippen LogP contribution in [-0.4, -0.2) is 14.2 Å². The summed E-state index contributed by atoms with van der Waals surface area (Å²) in [5, 5.41) is 8.14. The first-order valence-electron chi connectivity index (χ1n) is 40.3. The molecule has 0 N–H and O–H groups in total. The summed E-state index contributed by atoms with van der Waals surface area (Å²) in [4.78, 5) is 13.1. The molecule has 4 heteroatoms. The fourth-order valence-corrected chi connectivity index (χ4v) is 16.4. The van der Waals surface area contributed by atoms with E-state index in [-0.39, 0.29) is 40.9 Å². The van der Waals surface area contributed by atoms with Crippen LogP contribution in [0.2, 0.25) is 0 Å². The van der Waals surface area contributed by atoms with Gasteiger partial charge in [-0.25, -0.2) is 8.42 Å². The molecule has 0 amide bonds. The molecule has 15 aromatic rings. The Morgan fingerprint density at radius 1 is 0.210 bits per heavy atom. The molecule has 0 unspecified atom stereocenters. The minimum absolute atomic E-state index is 0. The lowest BCUT2D eigenvalue weighted by Gasteiger charge is -2.34. The van der Waals surface area contributed by atoms with Crippen LogP contribution in [0.1, 0.15) is 207 Å². The predicted molar refractivity (Wildman–Crippen MR) is 522 cm³/mol. The summed E-state index contributed by atoms with van der Waals surface area (Å²) in [6.45, 7) is 52.7. The SMILES string of the molecule is C.C.C.C.Cc1cc(C)c2cc(C)ccc2c1.Cc1cc2cc(C)c(C)cc2cc1C.Cc1ccc(C(=O)c2ccc(C)c(C)c2)cc1C.Cc1ccc(C)c(C)c1.Cc1ccc(C2(c3ccc(C)cc3)c3cc(C)ccc3-c3ccc(C)cc32)cc1.Cc1ccc(S(=O)(=O)c2ccc(C)c(C)c2)cc1C.Cc1ccc2cc(C)c(C)cc2c1. The van der Waals surface area contributed by atoms with E-state index in [4.69, 9.17) is 0 Å². The maximum atomic E-state index is 12.6. The average molecular weight is 1600 g/mol. The highest BCUT2D eigenvalue weighted by Crippen LogP contribution is 2.56. The Labute approximate surface area is 718 Å². The highest BCUT2D eigenvalue weighted by atomic mass is 32.2. The number of carbonyl (C=O) groups is 1. The van der Waals surface area contributed by atoms with Crippen molar-refractivity contribution in [1.29, 1.82) is 0 Å². The van der Waals surface area contributed by atoms with Gasteiger partial charge in [0.1, 0.15) is 0 Å². The van der Waals surface area contributed by atoms with Gasteiger partial charge in [0.05, 0.1) is 15.2 Å². The average Bonchev–Trinajstić information content (AvgIpc) is 1.54. The monoisotopic (exact) mass is 1600 g/mol. The van der Waals surface area contributed by atoms with Gasteiger partial charge in [0.25, 0.3) is 0 Å². The van der Waals surface area contributed by atoms with Crippen LogP contribution in [0, 0.1) is 173 Å². The normalized spacial score (nSPS) is 11.1. The fourth-order valence-electron chi connectivity index (χ4n) is 15.0. The second-order valence-corrected chi connectivity index (χ2v) is 34.9. The summed E-state index contributed by atoms with van der Waals surface area (Å²) in [6, 6.07) is 92.2. The lowest BCUT2D eigenvalue weighted by molar-refractivity contribution is 0.103. The van der Waals surface area contributed by atoms with Gasteiger partial charge < -0.3 is 0 Å². The minimum atomic E-state index is -3.42. The van der Waals surface area contributed by atoms with Crippen LogP contribution in [0.3, 0.4) is 0 Å². The third-order valence-electron chi connectivity index (χ3n) is 23.3. The lowest BCUT2D eigenvalue weighted by Crippen LogP contribution is -2.28. The predicted octanol–water partition coefficient (Wildman–Crippen LogP) is 31.9. The molecule has 0 bridgehead atoms. The van der Waals surface area contributed by atoms with Crippen LogP contribution < -0.4 is 0 Å². The first kappa shape index (κ1) is 96.5. The van der Waals surface area contributed by atoms with E-state index in [2.05, 4.69) is 320 Å². The van der Waals surface area contributed by atoms with Gasteiger partial charge >= 0.3 is 0 Å². The molecule has 0 spiro atoms. The molecule has 0 saturated heterocycles. The molecular formula is C115H134O3S. The topological polar surface area (TPSA) is 51.2 Å². The number of carbonyl (C=O) groups excluding carboxylic acids is 1. The Kier molecular flexibility index (Phi) is 33.6. The summed E-state index contributed by atoms with van der Waals surface area (Å²) in [6.07, 6.45) is 0. The number of sulfone groups is 1. The quantitative estimate of drug-likeness (QED) is 0.156. The Balaban J connectivity index is 0.000000220. The van der Waals surface area contributed by atoms with Crippen molar-refractivity contribution in [3.8, 4) is 11.1 Å². The van der Waals surface area contributed by atoms with Crippen LogP contribution >= 0.6 is 0 Å². The number of benzene rings is 15. The molecule has 1 aliphatic rings. The van der Waals surface area contributed by atoms with E-state index < -0.39 is 9.84 Å². The van der Waals surface area contributed by atoms with E-state index in [0.717, 1.165) is 44.5 Å². The second kappa shape index (κ2) is 41.4. The van der Waals surface area contributed by atoms with E-state index in [9.17, 15) is 13.2 Å². The van der Waals surface area contributed by atoms with E-state index in [1.165, 1.54) is 171 Å². The molecule has 1 aliphatic carbocycles. The first-order chi connectivity index (χ1) is 54.4. The van der Waals surface area contributed by atoms with Crippen LogP contribution in [0.15, 0.2) is 271 Å². The highest BCUT2D eigenvalue weighted by molar-refractivity contribution is 7.91. The zero-order valence-corrected chi connectivity index (χ0v) is 73.8. The van der Waals surface area contributed by atoms with Crippen molar-refractivity contribution in [2.45, 2.75) is 218 Å². The van der Waals surface area contributed by atoms with Gasteiger partial charge in [0.2, 0.25) is 9.84 Å². The summed E-state index contributed by atoms with van der Waals surface area (Å²) < 4.78 is 25.1. The zero-order valence-electron chi connectivity index (χ0n) is 73.0. The molecule has 0 radical (unpaired) electrons. The number of hydrogen-bond acceptors (Lipinski definition) is 3. The molecule has 618 valence electrons. The molecular weight excluding hydrogens is 1460 g/mol. The van der Waals surface area contributed by atoms with E-state index in [0.29, 0.717) is 9.79 Å². The summed E-state index contributed by atoms with van der Waals surface area (Å²) in [5.74, 6) is 0.0983. The molecule has 0 fully saturated rings. The van der Waals surface area contributed by atoms with Crippen LogP contribution in [0.25, 0.3) is 43.4 Å². The molecule has 0 aromatic heterocycles. The van der Waals surface area contributed by atoms with Crippen molar-refractivity contribution in [3.05, 3.63) is 433 Å². The van der Waals surface area contributed by atoms with Crippen LogP contribution in [0.5, 0.6) is 0 Å². The van der Waals surface area contributed by atoms with Crippen molar-refractivity contribution in [2.24, 2.45) is 0 Å². The molecule has 119 heavy (non-hydrogen) atoms. The molecule has 15 aromatic carbocycles. The Bertz CT molecular complexity index is 5920. The maximum Gasteiger partial charge on any atom is 0.206 e. The second-order valence-electron chi connectivity index (χ2n) is 32.9. The smallest absolute Gasteiger partial charge is 0.206 e. The van der Waals surface area contributed by atoms with Crippen molar-refractivity contribution >= 4 is 47.9 Å². The van der Waals surface area contributed by atoms with Gasteiger partial charge in [0.15, 0.2) is 5.78 Å². The largest absolute Gasteiger partial charge is 0.289 e. The van der Waals surface area contributed by atoms with E-state index in [1.807, 2.05) is 90.1 Å². The fraction of sp³-hybridized carbons (Fsp3) is 0.261. The summed E-state index contributed by atoms with van der Waals surface area (Å²) >= 11 is 0. The number of rotatable bonds is 6. The van der Waals surface area contributed by atoms with Crippen molar-refractivity contribution in [2.75, 3.05) is 0 Å². The Morgan fingerprint density at radius 2 is 0.479 bits per heavy atom. The Hall–Kier alpha value is -11.3. The van der Waals surface area contributed by atoms with Gasteiger partial charge in [-0.1, -0.05) is 299 Å². The van der Waals surface area contributed by atoms with Crippen LogP contribution in [-0.2, 0) is 15.3 Å². The maximum absolute atomic E-state index is 12.6. The zero-order chi connectivity index (χ0) is 83.7. The van der Waals surface area contributed by atoms with E-state index >= 15 is 0 Å². The Morgan fingerprint density at radius 3 is 0.849 bits per heavy atom. The van der Waals surface area contributed by atoms with Gasteiger partial charge in [-0.05, 0) is 370 Å². The molecule has 3 nitrogen and oxygen atoms in total. The third kappa shape index (κ3) is 23.0. The van der Waals surface area contributed by atoms with Gasteiger partial charge in [-0.2, -0.15) is 0 Å². The van der Waals surface area contributed by atoms with Gasteiger partial charge in [0, 0.05) is 11.1 Å². The molecule has 0 heterocycles. The summed E-state index contributed by atoms with van der Waals surface area (Å²) in [7, 11) is -3.42. The highest BCUT2D eigenvalue weighted by Gasteiger charge is 2.46. The molecule has 0 atom stereocenters. The number of ketones is 1. The number of hydrogen-bond donors (Lipinski definition) is 0. The van der Waals surface area contributed by atoms with E-state index in [1.54, 1.807) is 24.3 Å². The molecule has 0 saturated carbocycles. The number of fused-ring (bicyclic) bond motifs is 6. The van der Waals surface area contributed by atoms with Gasteiger partial charge in [-0.3, -0.25) is 4.79 Å². The summed E-state index contributed by atoms with van der Waals surface area (Å²) in [5.41, 5.74) is 41.2.